The molecule has 4 saturated carbocycles. The van der Waals surface area contributed by atoms with Gasteiger partial charge in [-0.1, -0.05) is 41.0 Å². The second-order valence-electron chi connectivity index (χ2n) is 15.1. The SMILES string of the molecule is CC(=O)O[C@@H]1O[C@@H](C)[C@H]2[C@H]1[C@@]1(C)[C@@H](OC(C)=O)C[C@@H]3[C@@]4(C)CCCC(C)(C)[C@@H]4CC[C@@]3(C)[C@@H]1C[C@@H]2OC(C)=O. The van der Waals surface area contributed by atoms with E-state index in [4.69, 9.17) is 18.9 Å². The summed E-state index contributed by atoms with van der Waals surface area (Å²) in [5.41, 5.74) is -0.132. The van der Waals surface area contributed by atoms with E-state index in [2.05, 4.69) is 34.6 Å². The molecule has 4 aliphatic carbocycles. The minimum atomic E-state index is -0.771. The molecule has 5 rings (SSSR count). The Morgan fingerprint density at radius 2 is 1.36 bits per heavy atom. The molecule has 0 bridgehead atoms. The van der Waals surface area contributed by atoms with Crippen LogP contribution in [0.15, 0.2) is 0 Å². The van der Waals surface area contributed by atoms with Crippen molar-refractivity contribution in [2.45, 2.75) is 132 Å². The smallest absolute Gasteiger partial charge is 0.304 e. The summed E-state index contributed by atoms with van der Waals surface area (Å²) in [6, 6.07) is 0. The van der Waals surface area contributed by atoms with E-state index in [1.807, 2.05) is 6.92 Å². The van der Waals surface area contributed by atoms with Crippen molar-refractivity contribution in [2.24, 2.45) is 51.2 Å². The Hall–Kier alpha value is -1.63. The minimum Gasteiger partial charge on any atom is -0.462 e. The van der Waals surface area contributed by atoms with Gasteiger partial charge in [-0.2, -0.15) is 0 Å². The van der Waals surface area contributed by atoms with E-state index in [1.165, 1.54) is 46.5 Å². The first-order valence-electron chi connectivity index (χ1n) is 15.2. The summed E-state index contributed by atoms with van der Waals surface area (Å²) in [7, 11) is 0. The Balaban J connectivity index is 1.66. The van der Waals surface area contributed by atoms with E-state index >= 15 is 0 Å². The van der Waals surface area contributed by atoms with Crippen LogP contribution in [0.1, 0.15) is 107 Å². The summed E-state index contributed by atoms with van der Waals surface area (Å²) < 4.78 is 24.5. The van der Waals surface area contributed by atoms with Crippen LogP contribution in [0.4, 0.5) is 0 Å². The monoisotopic (exact) mass is 546 g/mol. The van der Waals surface area contributed by atoms with Crippen LogP contribution in [0.3, 0.4) is 0 Å². The molecule has 7 heteroatoms. The maximum absolute atomic E-state index is 12.7. The molecule has 7 nitrogen and oxygen atoms in total. The van der Waals surface area contributed by atoms with Gasteiger partial charge in [0.1, 0.15) is 12.2 Å². The topological polar surface area (TPSA) is 88.1 Å². The third-order valence-electron chi connectivity index (χ3n) is 12.7. The number of carbonyl (C=O) groups is 3. The summed E-state index contributed by atoms with van der Waals surface area (Å²) in [6.07, 6.45) is 5.70. The van der Waals surface area contributed by atoms with Crippen LogP contribution >= 0.6 is 0 Å². The molecule has 0 spiro atoms. The van der Waals surface area contributed by atoms with Gasteiger partial charge in [0.15, 0.2) is 0 Å². The first-order chi connectivity index (χ1) is 18.1. The molecule has 0 aromatic rings. The number of hydrogen-bond acceptors (Lipinski definition) is 7. The maximum Gasteiger partial charge on any atom is 0.304 e. The van der Waals surface area contributed by atoms with Gasteiger partial charge in [0, 0.05) is 38.0 Å². The van der Waals surface area contributed by atoms with E-state index in [0.717, 1.165) is 12.8 Å². The molecule has 1 aliphatic heterocycles. The van der Waals surface area contributed by atoms with Crippen molar-refractivity contribution in [1.29, 1.82) is 0 Å². The zero-order valence-electron chi connectivity index (χ0n) is 25.5. The van der Waals surface area contributed by atoms with Crippen LogP contribution in [-0.4, -0.2) is 42.5 Å². The second-order valence-corrected chi connectivity index (χ2v) is 15.1. The quantitative estimate of drug-likeness (QED) is 0.314. The van der Waals surface area contributed by atoms with Crippen LogP contribution in [0.2, 0.25) is 0 Å². The number of rotatable bonds is 3. The summed E-state index contributed by atoms with van der Waals surface area (Å²) in [6.45, 7) is 18.4. The second kappa shape index (κ2) is 9.46. The number of hydrogen-bond donors (Lipinski definition) is 0. The Bertz CT molecular complexity index is 1020. The minimum absolute atomic E-state index is 0.0416. The van der Waals surface area contributed by atoms with Gasteiger partial charge in [0.05, 0.1) is 6.10 Å². The van der Waals surface area contributed by atoms with Crippen molar-refractivity contribution in [3.8, 4) is 0 Å². The van der Waals surface area contributed by atoms with E-state index < -0.39 is 17.7 Å². The van der Waals surface area contributed by atoms with Crippen molar-refractivity contribution >= 4 is 17.9 Å². The highest BCUT2D eigenvalue weighted by atomic mass is 16.7. The van der Waals surface area contributed by atoms with Gasteiger partial charge in [0.25, 0.3) is 0 Å². The highest BCUT2D eigenvalue weighted by Gasteiger charge is 2.74. The van der Waals surface area contributed by atoms with Crippen LogP contribution in [0.25, 0.3) is 0 Å². The molecule has 0 unspecified atom stereocenters. The summed E-state index contributed by atoms with van der Waals surface area (Å²) >= 11 is 0. The zero-order chi connectivity index (χ0) is 28.7. The Labute approximate surface area is 234 Å². The van der Waals surface area contributed by atoms with Crippen molar-refractivity contribution < 1.29 is 33.3 Å². The normalized spacial score (nSPS) is 49.9. The van der Waals surface area contributed by atoms with Gasteiger partial charge in [0.2, 0.25) is 6.29 Å². The molecule has 0 aromatic carbocycles. The number of ether oxygens (including phenoxy) is 4. The first-order valence-corrected chi connectivity index (χ1v) is 15.2. The average molecular weight is 547 g/mol. The van der Waals surface area contributed by atoms with Crippen LogP contribution in [0.5, 0.6) is 0 Å². The lowest BCUT2D eigenvalue weighted by atomic mass is 9.34. The maximum atomic E-state index is 12.7. The number of esters is 3. The van der Waals surface area contributed by atoms with Crippen LogP contribution < -0.4 is 0 Å². The predicted octanol–water partition coefficient (Wildman–Crippen LogP) is 6.07. The van der Waals surface area contributed by atoms with E-state index in [9.17, 15) is 14.4 Å². The fourth-order valence-corrected chi connectivity index (χ4v) is 11.5. The summed E-state index contributed by atoms with van der Waals surface area (Å²) in [4.78, 5) is 37.3. The fraction of sp³-hybridized carbons (Fsp3) is 0.906. The van der Waals surface area contributed by atoms with Gasteiger partial charge in [-0.3, -0.25) is 14.4 Å². The highest BCUT2D eigenvalue weighted by Crippen LogP contribution is 2.75. The van der Waals surface area contributed by atoms with E-state index in [1.54, 1.807) is 0 Å². The molecule has 220 valence electrons. The van der Waals surface area contributed by atoms with E-state index in [-0.39, 0.29) is 64.2 Å². The molecule has 1 heterocycles. The highest BCUT2D eigenvalue weighted by molar-refractivity contribution is 5.67. The fourth-order valence-electron chi connectivity index (χ4n) is 11.5. The molecule has 1 saturated heterocycles. The van der Waals surface area contributed by atoms with Crippen molar-refractivity contribution in [1.82, 2.24) is 0 Å². The third kappa shape index (κ3) is 4.26. The van der Waals surface area contributed by atoms with Gasteiger partial charge in [-0.15, -0.1) is 0 Å². The van der Waals surface area contributed by atoms with Crippen LogP contribution in [0, 0.1) is 51.2 Å². The molecule has 5 aliphatic rings. The van der Waals surface area contributed by atoms with Crippen molar-refractivity contribution in [2.75, 3.05) is 0 Å². The van der Waals surface area contributed by atoms with Crippen molar-refractivity contribution in [3.05, 3.63) is 0 Å². The molecule has 0 amide bonds. The van der Waals surface area contributed by atoms with Crippen molar-refractivity contribution in [3.63, 3.8) is 0 Å². The zero-order valence-corrected chi connectivity index (χ0v) is 25.5. The number of carbonyl (C=O) groups excluding carboxylic acids is 3. The molecule has 0 radical (unpaired) electrons. The predicted molar refractivity (Wildman–Crippen MR) is 145 cm³/mol. The van der Waals surface area contributed by atoms with Gasteiger partial charge in [-0.25, -0.2) is 0 Å². The molecule has 12 atom stereocenters. The average Bonchev–Trinajstić information content (AvgIpc) is 3.11. The van der Waals surface area contributed by atoms with Gasteiger partial charge in [-0.05, 0) is 79.4 Å². The molecular formula is C32H50O7. The molecule has 0 aromatic heterocycles. The first kappa shape index (κ1) is 28.9. The lowest BCUT2D eigenvalue weighted by Crippen LogP contribution is -2.70. The standard InChI is InChI=1S/C32H50O7/c1-17-26-21(37-18(2)33)15-24-31(8)14-11-22-29(5,6)12-10-13-30(22,7)23(31)16-25(38-19(3)34)32(24,9)27(26)28(36-17)39-20(4)35/h17,21-28H,10-16H2,1-9H3/t17-,21-,22-,23+,24-,25-,26+,27+,28-,30-,31+,32+/m0/s1. The summed E-state index contributed by atoms with van der Waals surface area (Å²) in [5.74, 6) is -0.301. The number of fused-ring (bicyclic) bond motifs is 7. The van der Waals surface area contributed by atoms with E-state index in [0.29, 0.717) is 18.3 Å². The third-order valence-corrected chi connectivity index (χ3v) is 12.7. The Morgan fingerprint density at radius 3 is 1.97 bits per heavy atom. The summed E-state index contributed by atoms with van der Waals surface area (Å²) in [5, 5.41) is 0. The molecule has 39 heavy (non-hydrogen) atoms. The van der Waals surface area contributed by atoms with Gasteiger partial charge < -0.3 is 18.9 Å². The lowest BCUT2D eigenvalue weighted by molar-refractivity contribution is -0.278. The molecular weight excluding hydrogens is 496 g/mol. The van der Waals surface area contributed by atoms with Crippen LogP contribution in [-0.2, 0) is 33.3 Å². The largest absolute Gasteiger partial charge is 0.462 e. The molecule has 5 fully saturated rings. The van der Waals surface area contributed by atoms with Gasteiger partial charge >= 0.3 is 17.9 Å². The lowest BCUT2D eigenvalue weighted by Gasteiger charge is -2.71. The Morgan fingerprint density at radius 1 is 0.744 bits per heavy atom. The molecule has 0 N–H and O–H groups in total. The Kier molecular flexibility index (Phi) is 7.00.